The van der Waals surface area contributed by atoms with Crippen LogP contribution in [-0.2, 0) is 11.3 Å². The Morgan fingerprint density at radius 1 is 1.15 bits per heavy atom. The quantitative estimate of drug-likeness (QED) is 0.229. The Morgan fingerprint density at radius 2 is 1.85 bits per heavy atom. The second-order valence-corrected chi connectivity index (χ2v) is 9.55. The number of amidine groups is 1. The van der Waals surface area contributed by atoms with Gasteiger partial charge in [0.15, 0.2) is 0 Å². The molecule has 4 rings (SSSR count). The van der Waals surface area contributed by atoms with E-state index in [1.54, 1.807) is 0 Å². The molecule has 1 aliphatic carbocycles. The maximum Gasteiger partial charge on any atom is 0.264 e. The number of nitrogens with zero attached hydrogens (tertiary/aromatic N) is 3. The van der Waals surface area contributed by atoms with Gasteiger partial charge < -0.3 is 26.0 Å². The van der Waals surface area contributed by atoms with Crippen molar-refractivity contribution < 1.29 is 24.5 Å². The van der Waals surface area contributed by atoms with E-state index < -0.39 is 24.3 Å². The van der Waals surface area contributed by atoms with Gasteiger partial charge in [-0.3, -0.25) is 20.0 Å². The van der Waals surface area contributed by atoms with Crippen molar-refractivity contribution in [3.63, 3.8) is 0 Å². The average Bonchev–Trinajstić information content (AvgIpc) is 2.77. The van der Waals surface area contributed by atoms with Crippen LogP contribution in [-0.4, -0.2) is 80.0 Å². The molecule has 1 amide bonds. The van der Waals surface area contributed by atoms with Crippen LogP contribution in [0, 0.1) is 17.1 Å². The lowest BCUT2D eigenvalue weighted by atomic mass is 9.85. The largest absolute Gasteiger partial charge is 0.510 e. The fourth-order valence-corrected chi connectivity index (χ4v) is 4.99. The predicted molar refractivity (Wildman–Crippen MR) is 124 cm³/mol. The van der Waals surface area contributed by atoms with E-state index in [2.05, 4.69) is 0 Å². The number of nitrogens with two attached hydrogens (primary N) is 1. The fourth-order valence-electron chi connectivity index (χ4n) is 4.99. The molecular formula is C24H34FN5O4. The molecule has 2 saturated heterocycles. The van der Waals surface area contributed by atoms with E-state index in [1.165, 1.54) is 34.1 Å². The monoisotopic (exact) mass is 475 g/mol. The second-order valence-electron chi connectivity index (χ2n) is 9.55. The van der Waals surface area contributed by atoms with Gasteiger partial charge in [0.05, 0.1) is 13.1 Å². The molecule has 2 aliphatic heterocycles. The third-order valence-electron chi connectivity index (χ3n) is 7.20. The first kappa shape index (κ1) is 24.6. The molecule has 0 aromatic heterocycles. The second kappa shape index (κ2) is 10.4. The topological polar surface area (TPSA) is 137 Å². The van der Waals surface area contributed by atoms with E-state index in [1.807, 2.05) is 4.90 Å². The van der Waals surface area contributed by atoms with Gasteiger partial charge in [-0.1, -0.05) is 25.0 Å². The number of likely N-dealkylation sites (tertiary alicyclic amines) is 1. The Bertz CT molecular complexity index is 934. The highest BCUT2D eigenvalue weighted by molar-refractivity contribution is 6.21. The Morgan fingerprint density at radius 3 is 2.47 bits per heavy atom. The minimum atomic E-state index is -1.36. The lowest BCUT2D eigenvalue weighted by Crippen LogP contribution is -2.61. The van der Waals surface area contributed by atoms with E-state index in [-0.39, 0.29) is 36.3 Å². The molecular weight excluding hydrogens is 441 g/mol. The van der Waals surface area contributed by atoms with Gasteiger partial charge in [-0.25, -0.2) is 4.39 Å². The lowest BCUT2D eigenvalue weighted by Gasteiger charge is -2.45. The molecule has 3 atom stereocenters. The highest BCUT2D eigenvalue weighted by Gasteiger charge is 2.43. The molecule has 1 aromatic carbocycles. The van der Waals surface area contributed by atoms with Crippen LogP contribution in [0.5, 0.6) is 0 Å². The van der Waals surface area contributed by atoms with Gasteiger partial charge in [0, 0.05) is 12.6 Å². The lowest BCUT2D eigenvalue weighted by molar-refractivity contribution is -0.154. The van der Waals surface area contributed by atoms with E-state index in [0.717, 1.165) is 32.1 Å². The standard InChI is InChI=1S/C24H34FN5O4/c25-17-9-7-16(8-10-17)13-30-23(33)20(21(26)29(24(30)34)12-15-4-3-5-15)19(31)14-28-11-2-1-6-18(28)22(27)32/h7-10,15,18,22,24,26,31-32,34H,1-6,11-14,27H2. The van der Waals surface area contributed by atoms with Crippen molar-refractivity contribution in [1.29, 1.82) is 5.41 Å². The van der Waals surface area contributed by atoms with Crippen LogP contribution in [0.25, 0.3) is 0 Å². The molecule has 34 heavy (non-hydrogen) atoms. The molecule has 1 aromatic rings. The third kappa shape index (κ3) is 5.10. The van der Waals surface area contributed by atoms with Gasteiger partial charge in [-0.05, 0) is 55.8 Å². The molecule has 6 N–H and O–H groups in total. The van der Waals surface area contributed by atoms with Crippen LogP contribution >= 0.6 is 0 Å². The van der Waals surface area contributed by atoms with Crippen LogP contribution in [0.1, 0.15) is 44.1 Å². The summed E-state index contributed by atoms with van der Waals surface area (Å²) in [5, 5.41) is 40.8. The summed E-state index contributed by atoms with van der Waals surface area (Å²) in [4.78, 5) is 17.9. The first-order chi connectivity index (χ1) is 16.3. The molecule has 0 bridgehead atoms. The smallest absolute Gasteiger partial charge is 0.264 e. The number of aliphatic hydroxyl groups is 3. The third-order valence-corrected chi connectivity index (χ3v) is 7.20. The zero-order valence-electron chi connectivity index (χ0n) is 19.2. The van der Waals surface area contributed by atoms with Crippen LogP contribution in [0.3, 0.4) is 0 Å². The fraction of sp³-hybridized carbons (Fsp3) is 0.583. The molecule has 3 fully saturated rings. The molecule has 10 heteroatoms. The minimum Gasteiger partial charge on any atom is -0.510 e. The van der Waals surface area contributed by atoms with Crippen LogP contribution in [0.2, 0.25) is 0 Å². The van der Waals surface area contributed by atoms with Crippen LogP contribution in [0.15, 0.2) is 35.6 Å². The highest BCUT2D eigenvalue weighted by atomic mass is 19.1. The van der Waals surface area contributed by atoms with Gasteiger partial charge in [0.1, 0.15) is 29.2 Å². The molecule has 3 unspecified atom stereocenters. The van der Waals surface area contributed by atoms with Crippen LogP contribution in [0.4, 0.5) is 4.39 Å². The summed E-state index contributed by atoms with van der Waals surface area (Å²) >= 11 is 0. The number of aliphatic hydroxyl groups excluding tert-OH is 3. The number of nitrogens with one attached hydrogen (secondary N) is 1. The zero-order valence-corrected chi connectivity index (χ0v) is 19.2. The van der Waals surface area contributed by atoms with Gasteiger partial charge >= 0.3 is 0 Å². The number of amides is 1. The van der Waals surface area contributed by atoms with Crippen molar-refractivity contribution >= 4 is 11.7 Å². The summed E-state index contributed by atoms with van der Waals surface area (Å²) in [6.45, 7) is 0.975. The number of benzene rings is 1. The first-order valence-corrected chi connectivity index (χ1v) is 11.9. The van der Waals surface area contributed by atoms with Gasteiger partial charge in [0.2, 0.25) is 6.35 Å². The Hall–Kier alpha value is -2.53. The van der Waals surface area contributed by atoms with Crippen molar-refractivity contribution in [2.75, 3.05) is 19.6 Å². The normalized spacial score (nSPS) is 27.1. The van der Waals surface area contributed by atoms with Gasteiger partial charge in [-0.15, -0.1) is 0 Å². The molecule has 1 saturated carbocycles. The summed E-state index contributed by atoms with van der Waals surface area (Å²) in [5.74, 6) is -1.25. The Kier molecular flexibility index (Phi) is 7.51. The average molecular weight is 476 g/mol. The van der Waals surface area contributed by atoms with Crippen molar-refractivity contribution in [2.24, 2.45) is 11.7 Å². The molecule has 9 nitrogen and oxygen atoms in total. The van der Waals surface area contributed by atoms with Crippen molar-refractivity contribution in [3.8, 4) is 0 Å². The summed E-state index contributed by atoms with van der Waals surface area (Å²) in [7, 11) is 0. The number of halogens is 1. The van der Waals surface area contributed by atoms with Gasteiger partial charge in [0.25, 0.3) is 5.91 Å². The number of carbonyl (C=O) groups is 1. The number of hydrogen-bond donors (Lipinski definition) is 5. The molecule has 0 spiro atoms. The van der Waals surface area contributed by atoms with E-state index in [4.69, 9.17) is 11.1 Å². The molecule has 3 aliphatic rings. The van der Waals surface area contributed by atoms with E-state index in [9.17, 15) is 24.5 Å². The summed E-state index contributed by atoms with van der Waals surface area (Å²) < 4.78 is 13.4. The van der Waals surface area contributed by atoms with Crippen molar-refractivity contribution in [3.05, 3.63) is 47.0 Å². The molecule has 186 valence electrons. The maximum atomic E-state index is 13.4. The van der Waals surface area contributed by atoms with E-state index >= 15 is 0 Å². The van der Waals surface area contributed by atoms with Crippen molar-refractivity contribution in [1.82, 2.24) is 14.7 Å². The number of hydrogen-bond acceptors (Lipinski definition) is 7. The molecule has 2 heterocycles. The minimum absolute atomic E-state index is 0.000635. The zero-order chi connectivity index (χ0) is 24.4. The number of piperidine rings is 1. The van der Waals surface area contributed by atoms with Gasteiger partial charge in [-0.2, -0.15) is 0 Å². The number of carbonyl (C=O) groups excluding carboxylic acids is 1. The SMILES string of the molecule is N=C1C(=C(O)CN2CCCCC2C(N)O)C(=O)N(Cc2ccc(F)cc2)C(O)N1CC1CCC1. The summed E-state index contributed by atoms with van der Waals surface area (Å²) in [5.41, 5.74) is 6.19. The Balaban J connectivity index is 1.63. The first-order valence-electron chi connectivity index (χ1n) is 11.9. The Labute approximate surface area is 198 Å². The van der Waals surface area contributed by atoms with E-state index in [0.29, 0.717) is 31.0 Å². The van der Waals surface area contributed by atoms with Crippen LogP contribution < -0.4 is 5.73 Å². The summed E-state index contributed by atoms with van der Waals surface area (Å²) in [6, 6.07) is 5.29. The predicted octanol–water partition coefficient (Wildman–Crippen LogP) is 1.47. The summed E-state index contributed by atoms with van der Waals surface area (Å²) in [6.07, 6.45) is 3.08. The molecule has 0 radical (unpaired) electrons. The van der Waals surface area contributed by atoms with Crippen molar-refractivity contribution in [2.45, 2.75) is 63.7 Å². The maximum absolute atomic E-state index is 13.4. The number of rotatable bonds is 7. The highest BCUT2D eigenvalue weighted by Crippen LogP contribution is 2.32.